The first-order valence-electron chi connectivity index (χ1n) is 7.46. The second-order valence-electron chi connectivity index (χ2n) is 5.96. The van der Waals surface area contributed by atoms with E-state index in [9.17, 15) is 9.59 Å². The normalized spacial score (nSPS) is 21.2. The number of carboxylic acids is 1. The van der Waals surface area contributed by atoms with Crippen LogP contribution in [0.5, 0.6) is 0 Å². The molecule has 21 heavy (non-hydrogen) atoms. The maximum Gasteiger partial charge on any atom is 0.320 e. The molecular weight excluding hydrogens is 268 g/mol. The standard InChI is InChI=1S/C16H20N2O3/c19-15(20)8-12-4-3-7-17(9-12)16(21)18-10-13-5-1-2-6-14(13)11-18/h1-2,5-6,12H,3-4,7-11H2,(H,19,20). The molecule has 0 bridgehead atoms. The molecule has 1 saturated heterocycles. The second kappa shape index (κ2) is 5.76. The minimum atomic E-state index is -0.775. The minimum Gasteiger partial charge on any atom is -0.481 e. The van der Waals surface area contributed by atoms with Gasteiger partial charge < -0.3 is 14.9 Å². The van der Waals surface area contributed by atoms with E-state index in [1.54, 1.807) is 0 Å². The molecule has 2 amide bonds. The van der Waals surface area contributed by atoms with Gasteiger partial charge in [0.25, 0.3) is 0 Å². The Labute approximate surface area is 124 Å². The molecule has 1 unspecified atom stereocenters. The van der Waals surface area contributed by atoms with Crippen molar-refractivity contribution in [3.8, 4) is 0 Å². The summed E-state index contributed by atoms with van der Waals surface area (Å²) in [6.45, 7) is 2.63. The molecule has 2 heterocycles. The monoisotopic (exact) mass is 288 g/mol. The first-order chi connectivity index (χ1) is 10.1. The minimum absolute atomic E-state index is 0.0429. The van der Waals surface area contributed by atoms with Gasteiger partial charge in [0.2, 0.25) is 0 Å². The summed E-state index contributed by atoms with van der Waals surface area (Å²) >= 11 is 0. The summed E-state index contributed by atoms with van der Waals surface area (Å²) in [5.74, 6) is -0.687. The number of nitrogens with zero attached hydrogens (tertiary/aromatic N) is 2. The fraction of sp³-hybridized carbons (Fsp3) is 0.500. The van der Waals surface area contributed by atoms with Crippen molar-refractivity contribution in [2.45, 2.75) is 32.4 Å². The molecule has 1 aromatic carbocycles. The van der Waals surface area contributed by atoms with Crippen molar-refractivity contribution in [1.29, 1.82) is 0 Å². The molecule has 2 aliphatic heterocycles. The predicted octanol–water partition coefficient (Wildman–Crippen LogP) is 2.31. The Morgan fingerprint density at radius 3 is 2.43 bits per heavy atom. The Morgan fingerprint density at radius 2 is 1.81 bits per heavy atom. The summed E-state index contributed by atoms with van der Waals surface area (Å²) in [6.07, 6.45) is 1.95. The van der Waals surface area contributed by atoms with Crippen molar-refractivity contribution in [3.63, 3.8) is 0 Å². The number of likely N-dealkylation sites (tertiary alicyclic amines) is 1. The summed E-state index contributed by atoms with van der Waals surface area (Å²) in [5, 5.41) is 8.91. The molecule has 1 atom stereocenters. The molecule has 0 aliphatic carbocycles. The molecule has 0 saturated carbocycles. The van der Waals surface area contributed by atoms with Gasteiger partial charge in [-0.2, -0.15) is 0 Å². The van der Waals surface area contributed by atoms with Crippen LogP contribution in [0.25, 0.3) is 0 Å². The Kier molecular flexibility index (Phi) is 3.82. The lowest BCUT2D eigenvalue weighted by Gasteiger charge is -2.34. The number of amides is 2. The third-order valence-electron chi connectivity index (χ3n) is 4.36. The smallest absolute Gasteiger partial charge is 0.320 e. The van der Waals surface area contributed by atoms with Gasteiger partial charge in [0, 0.05) is 32.6 Å². The van der Waals surface area contributed by atoms with Crippen molar-refractivity contribution >= 4 is 12.0 Å². The molecule has 2 aliphatic rings. The highest BCUT2D eigenvalue weighted by atomic mass is 16.4. The number of hydrogen-bond donors (Lipinski definition) is 1. The fourth-order valence-corrected chi connectivity index (χ4v) is 3.32. The highest BCUT2D eigenvalue weighted by Crippen LogP contribution is 2.26. The van der Waals surface area contributed by atoms with E-state index in [0.29, 0.717) is 19.6 Å². The highest BCUT2D eigenvalue weighted by molar-refractivity contribution is 5.75. The summed E-state index contributed by atoms with van der Waals surface area (Å²) < 4.78 is 0. The summed E-state index contributed by atoms with van der Waals surface area (Å²) in [5.41, 5.74) is 2.43. The van der Waals surface area contributed by atoms with Crippen LogP contribution in [-0.2, 0) is 17.9 Å². The molecule has 1 fully saturated rings. The first kappa shape index (κ1) is 13.9. The highest BCUT2D eigenvalue weighted by Gasteiger charge is 2.30. The van der Waals surface area contributed by atoms with E-state index < -0.39 is 5.97 Å². The van der Waals surface area contributed by atoms with Crippen molar-refractivity contribution in [3.05, 3.63) is 35.4 Å². The van der Waals surface area contributed by atoms with E-state index in [0.717, 1.165) is 19.4 Å². The first-order valence-corrected chi connectivity index (χ1v) is 7.46. The number of carbonyl (C=O) groups excluding carboxylic acids is 1. The van der Waals surface area contributed by atoms with Crippen molar-refractivity contribution in [2.75, 3.05) is 13.1 Å². The zero-order valence-corrected chi connectivity index (χ0v) is 12.0. The van der Waals surface area contributed by atoms with Crippen LogP contribution in [0.3, 0.4) is 0 Å². The maximum atomic E-state index is 12.6. The van der Waals surface area contributed by atoms with Crippen LogP contribution in [0.4, 0.5) is 4.79 Å². The van der Waals surface area contributed by atoms with E-state index in [2.05, 4.69) is 12.1 Å². The van der Waals surface area contributed by atoms with E-state index in [4.69, 9.17) is 5.11 Å². The van der Waals surface area contributed by atoms with Crippen LogP contribution in [0.1, 0.15) is 30.4 Å². The van der Waals surface area contributed by atoms with Crippen LogP contribution < -0.4 is 0 Å². The molecule has 1 N–H and O–H groups in total. The molecule has 5 nitrogen and oxygen atoms in total. The number of aliphatic carboxylic acids is 1. The summed E-state index contributed by atoms with van der Waals surface area (Å²) in [7, 11) is 0. The van der Waals surface area contributed by atoms with Gasteiger partial charge in [-0.1, -0.05) is 24.3 Å². The number of fused-ring (bicyclic) bond motifs is 1. The summed E-state index contributed by atoms with van der Waals surface area (Å²) in [4.78, 5) is 27.1. The number of carboxylic acid groups (broad SMARTS) is 1. The predicted molar refractivity (Wildman–Crippen MR) is 77.6 cm³/mol. The van der Waals surface area contributed by atoms with Gasteiger partial charge in [0.05, 0.1) is 0 Å². The van der Waals surface area contributed by atoms with E-state index >= 15 is 0 Å². The van der Waals surface area contributed by atoms with Gasteiger partial charge in [0.1, 0.15) is 0 Å². The molecular formula is C16H20N2O3. The van der Waals surface area contributed by atoms with Gasteiger partial charge >= 0.3 is 12.0 Å². The Hall–Kier alpha value is -2.04. The lowest BCUT2D eigenvalue weighted by Crippen LogP contribution is -2.46. The Balaban J connectivity index is 1.62. The molecule has 112 valence electrons. The van der Waals surface area contributed by atoms with Crippen LogP contribution in [-0.4, -0.2) is 40.0 Å². The fourth-order valence-electron chi connectivity index (χ4n) is 3.32. The molecule has 5 heteroatoms. The van der Waals surface area contributed by atoms with Crippen LogP contribution >= 0.6 is 0 Å². The topological polar surface area (TPSA) is 60.9 Å². The van der Waals surface area contributed by atoms with Gasteiger partial charge in [-0.05, 0) is 29.9 Å². The molecule has 3 rings (SSSR count). The van der Waals surface area contributed by atoms with Gasteiger partial charge in [-0.15, -0.1) is 0 Å². The van der Waals surface area contributed by atoms with Crippen molar-refractivity contribution in [1.82, 2.24) is 9.80 Å². The van der Waals surface area contributed by atoms with Crippen molar-refractivity contribution < 1.29 is 14.7 Å². The van der Waals surface area contributed by atoms with Crippen LogP contribution in [0.15, 0.2) is 24.3 Å². The third kappa shape index (κ3) is 3.01. The molecule has 0 aromatic heterocycles. The molecule has 1 aromatic rings. The second-order valence-corrected chi connectivity index (χ2v) is 5.96. The van der Waals surface area contributed by atoms with E-state index in [-0.39, 0.29) is 18.4 Å². The quantitative estimate of drug-likeness (QED) is 0.908. The number of piperidine rings is 1. The van der Waals surface area contributed by atoms with Crippen molar-refractivity contribution in [2.24, 2.45) is 5.92 Å². The lowest BCUT2D eigenvalue weighted by atomic mass is 9.95. The Bertz CT molecular complexity index is 533. The number of benzene rings is 1. The largest absolute Gasteiger partial charge is 0.481 e. The zero-order chi connectivity index (χ0) is 14.8. The SMILES string of the molecule is O=C(O)CC1CCCN(C(=O)N2Cc3ccccc3C2)C1. The maximum absolute atomic E-state index is 12.6. The summed E-state index contributed by atoms with van der Waals surface area (Å²) in [6, 6.07) is 8.16. The van der Waals surface area contributed by atoms with E-state index in [1.807, 2.05) is 21.9 Å². The van der Waals surface area contributed by atoms with E-state index in [1.165, 1.54) is 11.1 Å². The van der Waals surface area contributed by atoms with Gasteiger partial charge in [-0.25, -0.2) is 4.79 Å². The van der Waals surface area contributed by atoms with Gasteiger partial charge in [0.15, 0.2) is 0 Å². The average Bonchev–Trinajstić information content (AvgIpc) is 2.90. The average molecular weight is 288 g/mol. The van der Waals surface area contributed by atoms with Crippen LogP contribution in [0.2, 0.25) is 0 Å². The Morgan fingerprint density at radius 1 is 1.14 bits per heavy atom. The zero-order valence-electron chi connectivity index (χ0n) is 12.0. The number of rotatable bonds is 2. The molecule has 0 spiro atoms. The number of urea groups is 1. The number of hydrogen-bond acceptors (Lipinski definition) is 2. The van der Waals surface area contributed by atoms with Gasteiger partial charge in [-0.3, -0.25) is 4.79 Å². The molecule has 0 radical (unpaired) electrons. The number of carbonyl (C=O) groups is 2. The third-order valence-corrected chi connectivity index (χ3v) is 4.36. The van der Waals surface area contributed by atoms with Crippen LogP contribution in [0, 0.1) is 5.92 Å². The lowest BCUT2D eigenvalue weighted by molar-refractivity contribution is -0.138.